The van der Waals surface area contributed by atoms with Crippen molar-refractivity contribution in [3.63, 3.8) is 0 Å². The van der Waals surface area contributed by atoms with Crippen LogP contribution >= 0.6 is 11.5 Å². The van der Waals surface area contributed by atoms with Gasteiger partial charge in [0.2, 0.25) is 0 Å². The summed E-state index contributed by atoms with van der Waals surface area (Å²) in [5, 5.41) is 6.86. The molecule has 21 heavy (non-hydrogen) atoms. The lowest BCUT2D eigenvalue weighted by molar-refractivity contribution is 0.0945. The topological polar surface area (TPSA) is 80.0 Å². The summed E-state index contributed by atoms with van der Waals surface area (Å²) in [5.74, 6) is 0.0694. The average Bonchev–Trinajstić information content (AvgIpc) is 2.80. The van der Waals surface area contributed by atoms with E-state index in [0.717, 1.165) is 5.56 Å². The van der Waals surface area contributed by atoms with Gasteiger partial charge in [-0.1, -0.05) is 30.3 Å². The van der Waals surface area contributed by atoms with Crippen molar-refractivity contribution in [3.8, 4) is 0 Å². The molecular weight excluding hydrogens is 284 g/mol. The van der Waals surface area contributed by atoms with Crippen molar-refractivity contribution >= 4 is 28.3 Å². The van der Waals surface area contributed by atoms with Gasteiger partial charge in [-0.15, -0.1) is 0 Å². The second-order valence-electron chi connectivity index (χ2n) is 5.18. The number of nitrogen functional groups attached to an aromatic ring is 1. The number of anilines is 2. The molecule has 6 heteroatoms. The van der Waals surface area contributed by atoms with E-state index in [1.165, 1.54) is 11.5 Å². The minimum absolute atomic E-state index is 0.0520. The summed E-state index contributed by atoms with van der Waals surface area (Å²) in [5.41, 5.74) is 7.40. The van der Waals surface area contributed by atoms with E-state index >= 15 is 0 Å². The van der Waals surface area contributed by atoms with Gasteiger partial charge in [0.05, 0.1) is 0 Å². The van der Waals surface area contributed by atoms with Crippen molar-refractivity contribution in [1.82, 2.24) is 9.69 Å². The van der Waals surface area contributed by atoms with Crippen LogP contribution < -0.4 is 16.4 Å². The number of rotatable bonds is 5. The Kier molecular flexibility index (Phi) is 4.80. The highest BCUT2D eigenvalue weighted by Crippen LogP contribution is 2.30. The molecule has 0 aliphatic carbocycles. The first-order chi connectivity index (χ1) is 9.99. The predicted octanol–water partition coefficient (Wildman–Crippen LogP) is 3.04. The van der Waals surface area contributed by atoms with Crippen LogP contribution in [-0.4, -0.2) is 16.3 Å². The van der Waals surface area contributed by atoms with Gasteiger partial charge >= 0.3 is 0 Å². The Bertz CT molecular complexity index is 609. The van der Waals surface area contributed by atoms with Crippen molar-refractivity contribution in [1.29, 1.82) is 0 Å². The average molecular weight is 304 g/mol. The zero-order chi connectivity index (χ0) is 15.4. The molecule has 1 unspecified atom stereocenters. The number of amides is 1. The van der Waals surface area contributed by atoms with Gasteiger partial charge in [-0.05, 0) is 37.9 Å². The summed E-state index contributed by atoms with van der Waals surface area (Å²) < 4.78 is 4.09. The van der Waals surface area contributed by atoms with Gasteiger partial charge < -0.3 is 16.4 Å². The zero-order valence-electron chi connectivity index (χ0n) is 12.4. The van der Waals surface area contributed by atoms with Crippen LogP contribution in [0.1, 0.15) is 42.7 Å². The third kappa shape index (κ3) is 3.72. The molecule has 1 atom stereocenters. The molecule has 0 saturated heterocycles. The number of hydrogen-bond acceptors (Lipinski definition) is 5. The van der Waals surface area contributed by atoms with Gasteiger partial charge in [0, 0.05) is 12.1 Å². The number of carbonyl (C=O) groups excluding carboxylic acids is 1. The largest absolute Gasteiger partial charge is 0.382 e. The molecule has 0 radical (unpaired) electrons. The van der Waals surface area contributed by atoms with Crippen LogP contribution in [0.4, 0.5) is 10.8 Å². The van der Waals surface area contributed by atoms with Gasteiger partial charge in [0.25, 0.3) is 5.91 Å². The molecule has 0 saturated carbocycles. The van der Waals surface area contributed by atoms with Crippen LogP contribution in [0.3, 0.4) is 0 Å². The standard InChI is InChI=1S/C15H20N4OS/c1-9(2)17-14(20)12-13(16)19-21-15(12)18-10(3)11-7-5-4-6-8-11/h4-10,18H,1-3H3,(H2,16,19)(H,17,20). The van der Waals surface area contributed by atoms with Crippen molar-refractivity contribution in [3.05, 3.63) is 41.5 Å². The molecule has 0 fully saturated rings. The Morgan fingerprint density at radius 1 is 1.24 bits per heavy atom. The molecule has 1 aromatic carbocycles. The number of nitrogens with two attached hydrogens (primary N) is 1. The van der Waals surface area contributed by atoms with Gasteiger partial charge in [-0.3, -0.25) is 4.79 Å². The molecule has 5 nitrogen and oxygen atoms in total. The lowest BCUT2D eigenvalue weighted by Crippen LogP contribution is -2.31. The Hall–Kier alpha value is -2.08. The fraction of sp³-hybridized carbons (Fsp3) is 0.333. The van der Waals surface area contributed by atoms with E-state index in [1.54, 1.807) is 0 Å². The molecule has 0 bridgehead atoms. The summed E-state index contributed by atoms with van der Waals surface area (Å²) >= 11 is 1.21. The van der Waals surface area contributed by atoms with E-state index in [9.17, 15) is 4.79 Å². The maximum atomic E-state index is 12.2. The quantitative estimate of drug-likeness (QED) is 0.793. The fourth-order valence-electron chi connectivity index (χ4n) is 1.98. The highest BCUT2D eigenvalue weighted by Gasteiger charge is 2.21. The molecule has 1 aromatic heterocycles. The normalized spacial score (nSPS) is 12.2. The van der Waals surface area contributed by atoms with E-state index in [1.807, 2.05) is 51.1 Å². The molecular formula is C15H20N4OS. The van der Waals surface area contributed by atoms with Gasteiger partial charge in [0.15, 0.2) is 5.82 Å². The lowest BCUT2D eigenvalue weighted by Gasteiger charge is -2.15. The van der Waals surface area contributed by atoms with Crippen LogP contribution in [0.15, 0.2) is 30.3 Å². The number of benzene rings is 1. The highest BCUT2D eigenvalue weighted by atomic mass is 32.1. The van der Waals surface area contributed by atoms with Crippen LogP contribution in [0.5, 0.6) is 0 Å². The highest BCUT2D eigenvalue weighted by molar-refractivity contribution is 7.11. The third-order valence-electron chi connectivity index (χ3n) is 3.01. The number of nitrogens with one attached hydrogen (secondary N) is 2. The molecule has 112 valence electrons. The number of nitrogens with zero attached hydrogens (tertiary/aromatic N) is 1. The Balaban J connectivity index is 2.19. The lowest BCUT2D eigenvalue weighted by atomic mass is 10.1. The van der Waals surface area contributed by atoms with E-state index in [2.05, 4.69) is 15.0 Å². The summed E-state index contributed by atoms with van der Waals surface area (Å²) in [7, 11) is 0. The molecule has 0 aliphatic rings. The second kappa shape index (κ2) is 6.58. The molecule has 2 rings (SSSR count). The minimum atomic E-state index is -0.195. The predicted molar refractivity (Wildman–Crippen MR) is 87.6 cm³/mol. The fourth-order valence-corrected chi connectivity index (χ4v) is 2.78. The zero-order valence-corrected chi connectivity index (χ0v) is 13.2. The van der Waals surface area contributed by atoms with Crippen LogP contribution in [0.2, 0.25) is 0 Å². The van der Waals surface area contributed by atoms with Crippen molar-refractivity contribution in [2.45, 2.75) is 32.9 Å². The van der Waals surface area contributed by atoms with Gasteiger partial charge in [0.1, 0.15) is 10.6 Å². The molecule has 0 aliphatic heterocycles. The number of carbonyl (C=O) groups is 1. The summed E-state index contributed by atoms with van der Waals surface area (Å²) in [6, 6.07) is 10.1. The van der Waals surface area contributed by atoms with Crippen LogP contribution in [0, 0.1) is 0 Å². The summed E-state index contributed by atoms with van der Waals surface area (Å²) in [6.07, 6.45) is 0. The van der Waals surface area contributed by atoms with Crippen molar-refractivity contribution < 1.29 is 4.79 Å². The first kappa shape index (κ1) is 15.3. The Morgan fingerprint density at radius 3 is 2.52 bits per heavy atom. The first-order valence-corrected chi connectivity index (χ1v) is 7.64. The van der Waals surface area contributed by atoms with Crippen LogP contribution in [-0.2, 0) is 0 Å². The molecule has 4 N–H and O–H groups in total. The summed E-state index contributed by atoms with van der Waals surface area (Å²) in [4.78, 5) is 12.2. The number of aromatic nitrogens is 1. The van der Waals surface area contributed by atoms with E-state index in [0.29, 0.717) is 10.6 Å². The Labute approximate surface area is 128 Å². The maximum absolute atomic E-state index is 12.2. The summed E-state index contributed by atoms with van der Waals surface area (Å²) in [6.45, 7) is 5.86. The molecule has 1 heterocycles. The monoisotopic (exact) mass is 304 g/mol. The van der Waals surface area contributed by atoms with Crippen molar-refractivity contribution in [2.75, 3.05) is 11.1 Å². The Morgan fingerprint density at radius 2 is 1.90 bits per heavy atom. The molecule has 2 aromatic rings. The van der Waals surface area contributed by atoms with E-state index in [-0.39, 0.29) is 23.8 Å². The van der Waals surface area contributed by atoms with Gasteiger partial charge in [-0.25, -0.2) is 0 Å². The van der Waals surface area contributed by atoms with Gasteiger partial charge in [-0.2, -0.15) is 4.37 Å². The van der Waals surface area contributed by atoms with Crippen molar-refractivity contribution in [2.24, 2.45) is 0 Å². The third-order valence-corrected chi connectivity index (χ3v) is 3.81. The maximum Gasteiger partial charge on any atom is 0.258 e. The van der Waals surface area contributed by atoms with Crippen LogP contribution in [0.25, 0.3) is 0 Å². The van der Waals surface area contributed by atoms with E-state index < -0.39 is 0 Å². The minimum Gasteiger partial charge on any atom is -0.382 e. The molecule has 1 amide bonds. The SMILES string of the molecule is CC(C)NC(=O)c1c(N)nsc1NC(C)c1ccccc1. The smallest absolute Gasteiger partial charge is 0.258 e. The first-order valence-electron chi connectivity index (χ1n) is 6.86. The van der Waals surface area contributed by atoms with E-state index in [4.69, 9.17) is 5.73 Å². The number of hydrogen-bond donors (Lipinski definition) is 3. The second-order valence-corrected chi connectivity index (χ2v) is 5.95. The molecule has 0 spiro atoms.